The minimum absolute atomic E-state index is 0.254. The first kappa shape index (κ1) is 19.1. The van der Waals surface area contributed by atoms with Crippen LogP contribution in [0.2, 0.25) is 0 Å². The van der Waals surface area contributed by atoms with E-state index in [4.69, 9.17) is 20.4 Å². The van der Waals surface area contributed by atoms with E-state index in [1.54, 1.807) is 7.11 Å². The van der Waals surface area contributed by atoms with Crippen LogP contribution >= 0.6 is 0 Å². The molecule has 3 aromatic rings. The molecule has 8 nitrogen and oxygen atoms in total. The molecule has 8 heteroatoms. The average molecular weight is 371 g/mol. The number of carbonyl (C=O) groups excluding carboxylic acids is 1. The topological polar surface area (TPSA) is 99.5 Å². The monoisotopic (exact) mass is 371 g/mol. The largest absolute Gasteiger partial charge is 0.384 e. The first-order valence-electron chi connectivity index (χ1n) is 9.13. The number of nitrogen functional groups attached to an aromatic ring is 1. The molecule has 0 aliphatic carbocycles. The van der Waals surface area contributed by atoms with Crippen molar-refractivity contribution in [1.82, 2.24) is 19.9 Å². The highest BCUT2D eigenvalue weighted by molar-refractivity contribution is 6.10. The minimum Gasteiger partial charge on any atom is -0.384 e. The highest BCUT2D eigenvalue weighted by atomic mass is 16.5. The van der Waals surface area contributed by atoms with Crippen molar-refractivity contribution in [2.75, 3.05) is 46.6 Å². The van der Waals surface area contributed by atoms with Crippen molar-refractivity contribution < 1.29 is 14.4 Å². The zero-order chi connectivity index (χ0) is 19.4. The fraction of sp³-hybridized carbons (Fsp3) is 0.421. The molecule has 0 spiro atoms. The molecule has 27 heavy (non-hydrogen) atoms. The number of methoxy groups -OCH3 is 1. The van der Waals surface area contributed by atoms with E-state index in [0.29, 0.717) is 42.2 Å². The molecule has 1 aromatic carbocycles. The molecule has 0 unspecified atom stereocenters. The van der Waals surface area contributed by atoms with Gasteiger partial charge in [-0.2, -0.15) is 0 Å². The van der Waals surface area contributed by atoms with E-state index < -0.39 is 0 Å². The summed E-state index contributed by atoms with van der Waals surface area (Å²) in [5.74, 6) is 0.153. The second-order valence-corrected chi connectivity index (χ2v) is 6.86. The predicted molar refractivity (Wildman–Crippen MR) is 106 cm³/mol. The molecular formula is C19H27N6O2+. The summed E-state index contributed by atoms with van der Waals surface area (Å²) in [4.78, 5) is 23.5. The van der Waals surface area contributed by atoms with Gasteiger partial charge in [0.15, 0.2) is 5.65 Å². The van der Waals surface area contributed by atoms with Crippen LogP contribution in [0.5, 0.6) is 0 Å². The number of hydrogen-bond acceptors (Lipinski definition) is 5. The number of nitrogens with one attached hydrogen (secondary N) is 2. The number of aromatic nitrogens is 3. The number of rotatable bonds is 8. The quantitative estimate of drug-likeness (QED) is 0.487. The molecule has 3 rings (SSSR count). The highest BCUT2D eigenvalue weighted by Gasteiger charge is 2.23. The van der Waals surface area contributed by atoms with Crippen molar-refractivity contribution in [3.8, 4) is 0 Å². The Morgan fingerprint density at radius 1 is 1.26 bits per heavy atom. The Kier molecular flexibility index (Phi) is 5.88. The van der Waals surface area contributed by atoms with Crippen molar-refractivity contribution in [3.05, 3.63) is 29.8 Å². The molecule has 1 amide bonds. The molecule has 0 atom stereocenters. The first-order chi connectivity index (χ1) is 13.0. The van der Waals surface area contributed by atoms with Gasteiger partial charge < -0.3 is 25.3 Å². The van der Waals surface area contributed by atoms with Crippen LogP contribution in [0.4, 0.5) is 5.82 Å². The summed E-state index contributed by atoms with van der Waals surface area (Å²) >= 11 is 0. The molecule has 2 heterocycles. The van der Waals surface area contributed by atoms with Gasteiger partial charge in [-0.3, -0.25) is 4.79 Å². The standard InChI is InChI=1S/C19H26N6O2/c1-24(2)10-6-11-25-17(20)15(19(26)21-9-12-27-3)16-18(25)23-14-8-5-4-7-13(14)22-16/h4-5,7-8H,6,9-12,20H2,1-3H3,(H,21,26)/p+1. The predicted octanol–water partition coefficient (Wildman–Crippen LogP) is 0.0775. The Bertz CT molecular complexity index is 950. The number of aryl methyl sites for hydroxylation is 1. The van der Waals surface area contributed by atoms with Crippen LogP contribution in [-0.2, 0) is 11.3 Å². The maximum atomic E-state index is 12.8. The molecule has 144 valence electrons. The molecule has 2 aromatic heterocycles. The van der Waals surface area contributed by atoms with Crippen molar-refractivity contribution in [2.24, 2.45) is 0 Å². The summed E-state index contributed by atoms with van der Waals surface area (Å²) in [5.41, 5.74) is 9.49. The summed E-state index contributed by atoms with van der Waals surface area (Å²) in [5, 5.41) is 2.84. The third-order valence-corrected chi connectivity index (χ3v) is 4.47. The molecule has 4 N–H and O–H groups in total. The number of amides is 1. The number of hydrogen-bond donors (Lipinski definition) is 3. The van der Waals surface area contributed by atoms with Gasteiger partial charge in [-0.1, -0.05) is 12.1 Å². The molecule has 0 fully saturated rings. The number of ether oxygens (including phenoxy) is 1. The van der Waals surface area contributed by atoms with Crippen molar-refractivity contribution in [2.45, 2.75) is 13.0 Å². The number of carbonyl (C=O) groups is 1. The maximum absolute atomic E-state index is 12.8. The van der Waals surface area contributed by atoms with Gasteiger partial charge >= 0.3 is 0 Å². The Morgan fingerprint density at radius 3 is 2.63 bits per heavy atom. The smallest absolute Gasteiger partial charge is 0.257 e. The summed E-state index contributed by atoms with van der Waals surface area (Å²) in [7, 11) is 5.81. The summed E-state index contributed by atoms with van der Waals surface area (Å²) in [6, 6.07) is 7.63. The number of nitrogens with zero attached hydrogens (tertiary/aromatic N) is 3. The lowest BCUT2D eigenvalue weighted by molar-refractivity contribution is -0.858. The number of fused-ring (bicyclic) bond motifs is 2. The number of quaternary nitrogens is 1. The van der Waals surface area contributed by atoms with Crippen LogP contribution in [-0.4, -0.2) is 61.3 Å². The van der Waals surface area contributed by atoms with Crippen LogP contribution in [0.15, 0.2) is 24.3 Å². The second kappa shape index (κ2) is 8.32. The molecule has 0 saturated heterocycles. The highest BCUT2D eigenvalue weighted by Crippen LogP contribution is 2.28. The van der Waals surface area contributed by atoms with Gasteiger partial charge in [0.05, 0.1) is 38.3 Å². The van der Waals surface area contributed by atoms with Crippen molar-refractivity contribution >= 4 is 33.9 Å². The Labute approximate surface area is 158 Å². The van der Waals surface area contributed by atoms with E-state index in [1.807, 2.05) is 28.8 Å². The van der Waals surface area contributed by atoms with E-state index in [2.05, 4.69) is 19.4 Å². The van der Waals surface area contributed by atoms with Gasteiger partial charge in [-0.05, 0) is 12.1 Å². The lowest BCUT2D eigenvalue weighted by atomic mass is 10.2. The zero-order valence-electron chi connectivity index (χ0n) is 16.1. The lowest BCUT2D eigenvalue weighted by Gasteiger charge is -2.10. The molecular weight excluding hydrogens is 344 g/mol. The van der Waals surface area contributed by atoms with Crippen LogP contribution in [0.1, 0.15) is 16.8 Å². The SMILES string of the molecule is COCCNC(=O)c1c(N)n(CCC[NH+](C)C)c2nc3ccccc3nc12. The van der Waals surface area contributed by atoms with Gasteiger partial charge in [0.1, 0.15) is 16.9 Å². The Balaban J connectivity index is 2.07. The van der Waals surface area contributed by atoms with E-state index in [1.165, 1.54) is 4.90 Å². The zero-order valence-corrected chi connectivity index (χ0v) is 16.1. The fourth-order valence-electron chi connectivity index (χ4n) is 3.11. The Morgan fingerprint density at radius 2 is 1.96 bits per heavy atom. The van der Waals surface area contributed by atoms with Crippen LogP contribution < -0.4 is 16.0 Å². The van der Waals surface area contributed by atoms with Crippen molar-refractivity contribution in [1.29, 1.82) is 0 Å². The Hall–Kier alpha value is -2.71. The fourth-order valence-corrected chi connectivity index (χ4v) is 3.11. The molecule has 0 aliphatic rings. The maximum Gasteiger partial charge on any atom is 0.257 e. The van der Waals surface area contributed by atoms with Gasteiger partial charge in [0, 0.05) is 26.6 Å². The van der Waals surface area contributed by atoms with E-state index in [9.17, 15) is 4.79 Å². The van der Waals surface area contributed by atoms with Gasteiger partial charge in [0.25, 0.3) is 5.91 Å². The van der Waals surface area contributed by atoms with E-state index in [0.717, 1.165) is 24.0 Å². The lowest BCUT2D eigenvalue weighted by Crippen LogP contribution is -3.05. The second-order valence-electron chi connectivity index (χ2n) is 6.86. The number of para-hydroxylation sites is 2. The summed E-state index contributed by atoms with van der Waals surface area (Å²) in [6.07, 6.45) is 0.926. The van der Waals surface area contributed by atoms with Gasteiger partial charge in [-0.25, -0.2) is 9.97 Å². The number of nitrogens with two attached hydrogens (primary N) is 1. The van der Waals surface area contributed by atoms with E-state index >= 15 is 0 Å². The van der Waals surface area contributed by atoms with Crippen LogP contribution in [0.3, 0.4) is 0 Å². The third-order valence-electron chi connectivity index (χ3n) is 4.47. The summed E-state index contributed by atoms with van der Waals surface area (Å²) < 4.78 is 6.91. The normalized spacial score (nSPS) is 11.6. The minimum atomic E-state index is -0.254. The van der Waals surface area contributed by atoms with Crippen LogP contribution in [0, 0.1) is 0 Å². The first-order valence-corrected chi connectivity index (χ1v) is 9.13. The number of anilines is 1. The van der Waals surface area contributed by atoms with Crippen molar-refractivity contribution in [3.63, 3.8) is 0 Å². The molecule has 0 bridgehead atoms. The van der Waals surface area contributed by atoms with Gasteiger partial charge in [0.2, 0.25) is 0 Å². The molecule has 0 radical (unpaired) electrons. The molecule has 0 aliphatic heterocycles. The van der Waals surface area contributed by atoms with Crippen LogP contribution in [0.25, 0.3) is 22.2 Å². The average Bonchev–Trinajstić information content (AvgIpc) is 2.91. The number of benzene rings is 1. The third kappa shape index (κ3) is 4.01. The van der Waals surface area contributed by atoms with E-state index in [-0.39, 0.29) is 5.91 Å². The summed E-state index contributed by atoms with van der Waals surface area (Å²) in [6.45, 7) is 2.53. The molecule has 0 saturated carbocycles. The van der Waals surface area contributed by atoms with Gasteiger partial charge in [-0.15, -0.1) is 0 Å².